The Morgan fingerprint density at radius 2 is 1.60 bits per heavy atom. The molecule has 4 rings (SSSR count). The van der Waals surface area contributed by atoms with Crippen LogP contribution in [0.2, 0.25) is 0 Å². The lowest BCUT2D eigenvalue weighted by molar-refractivity contribution is -0.143. The molecule has 2 atom stereocenters. The number of amides is 1. The number of aliphatic carboxylic acids is 1. The third-order valence-corrected chi connectivity index (χ3v) is 5.28. The van der Waals surface area contributed by atoms with Gasteiger partial charge in [0.05, 0.1) is 11.8 Å². The first-order valence-electron chi connectivity index (χ1n) is 8.47. The van der Waals surface area contributed by atoms with E-state index >= 15 is 0 Å². The number of rotatable bonds is 2. The standard InChI is InChI=1S/C20H19NO4/c1-12-13(20(23)24)10-11-21(12)19(22)18-14-6-2-4-8-16(14)25-17-9-5-3-7-15(17)18/h2-9,12-13,18H,10-11H2,1H3,(H,23,24). The quantitative estimate of drug-likeness (QED) is 0.913. The molecular weight excluding hydrogens is 318 g/mol. The summed E-state index contributed by atoms with van der Waals surface area (Å²) < 4.78 is 5.94. The Labute approximate surface area is 145 Å². The molecule has 2 aromatic carbocycles. The fourth-order valence-corrected chi connectivity index (χ4v) is 3.92. The van der Waals surface area contributed by atoms with E-state index in [1.165, 1.54) is 0 Å². The van der Waals surface area contributed by atoms with Gasteiger partial charge in [-0.2, -0.15) is 0 Å². The van der Waals surface area contributed by atoms with E-state index in [0.717, 1.165) is 11.1 Å². The Morgan fingerprint density at radius 1 is 1.04 bits per heavy atom. The second-order valence-corrected chi connectivity index (χ2v) is 6.62. The highest BCUT2D eigenvalue weighted by atomic mass is 16.5. The summed E-state index contributed by atoms with van der Waals surface area (Å²) in [6.07, 6.45) is 0.495. The van der Waals surface area contributed by atoms with Gasteiger partial charge >= 0.3 is 5.97 Å². The molecule has 2 heterocycles. The van der Waals surface area contributed by atoms with Gasteiger partial charge in [-0.1, -0.05) is 36.4 Å². The molecule has 0 radical (unpaired) electrons. The van der Waals surface area contributed by atoms with Crippen LogP contribution in [0.3, 0.4) is 0 Å². The topological polar surface area (TPSA) is 66.8 Å². The summed E-state index contributed by atoms with van der Waals surface area (Å²) in [7, 11) is 0. The third kappa shape index (κ3) is 2.47. The Kier molecular flexibility index (Phi) is 3.71. The van der Waals surface area contributed by atoms with E-state index in [-0.39, 0.29) is 11.9 Å². The average molecular weight is 337 g/mol. The third-order valence-electron chi connectivity index (χ3n) is 5.28. The molecule has 5 heteroatoms. The van der Waals surface area contributed by atoms with Gasteiger partial charge in [0.2, 0.25) is 5.91 Å². The number of carbonyl (C=O) groups is 2. The minimum Gasteiger partial charge on any atom is -0.481 e. The van der Waals surface area contributed by atoms with Gasteiger partial charge in [-0.05, 0) is 25.5 Å². The summed E-state index contributed by atoms with van der Waals surface area (Å²) in [5, 5.41) is 9.35. The van der Waals surface area contributed by atoms with Crippen LogP contribution in [-0.4, -0.2) is 34.5 Å². The zero-order chi connectivity index (χ0) is 17.6. The molecule has 1 amide bonds. The number of hydrogen-bond acceptors (Lipinski definition) is 3. The van der Waals surface area contributed by atoms with Gasteiger partial charge in [0.15, 0.2) is 0 Å². The van der Waals surface area contributed by atoms with Crippen molar-refractivity contribution in [3.05, 3.63) is 59.7 Å². The van der Waals surface area contributed by atoms with E-state index in [2.05, 4.69) is 0 Å². The smallest absolute Gasteiger partial charge is 0.308 e. The molecular formula is C20H19NO4. The highest BCUT2D eigenvalue weighted by Crippen LogP contribution is 2.45. The molecule has 0 aliphatic carbocycles. The Morgan fingerprint density at radius 3 is 2.12 bits per heavy atom. The Balaban J connectivity index is 1.75. The lowest BCUT2D eigenvalue weighted by Gasteiger charge is -2.32. The van der Waals surface area contributed by atoms with Crippen molar-refractivity contribution in [1.29, 1.82) is 0 Å². The Bertz CT molecular complexity index is 802. The second kappa shape index (κ2) is 5.92. The number of carboxylic acid groups (broad SMARTS) is 1. The average Bonchev–Trinajstić information content (AvgIpc) is 3.00. The van der Waals surface area contributed by atoms with E-state index in [1.54, 1.807) is 4.90 Å². The lowest BCUT2D eigenvalue weighted by Crippen LogP contribution is -2.41. The molecule has 1 fully saturated rings. The SMILES string of the molecule is CC1C(C(=O)O)CCN1C(=O)C1c2ccccc2Oc2ccccc21. The molecule has 2 aliphatic heterocycles. The number of benzene rings is 2. The minimum absolute atomic E-state index is 0.0561. The number of hydrogen-bond donors (Lipinski definition) is 1. The molecule has 5 nitrogen and oxygen atoms in total. The first kappa shape index (κ1) is 15.7. The van der Waals surface area contributed by atoms with Gasteiger partial charge in [-0.3, -0.25) is 9.59 Å². The van der Waals surface area contributed by atoms with Gasteiger partial charge in [-0.25, -0.2) is 0 Å². The van der Waals surface area contributed by atoms with Crippen LogP contribution < -0.4 is 4.74 Å². The predicted octanol–water partition coefficient (Wildman–Crippen LogP) is 3.25. The maximum Gasteiger partial charge on any atom is 0.308 e. The summed E-state index contributed by atoms with van der Waals surface area (Å²) in [6.45, 7) is 2.29. The van der Waals surface area contributed by atoms with Crippen molar-refractivity contribution in [1.82, 2.24) is 4.90 Å². The zero-order valence-corrected chi connectivity index (χ0v) is 13.9. The molecule has 2 unspecified atom stereocenters. The molecule has 0 saturated carbocycles. The van der Waals surface area contributed by atoms with Crippen LogP contribution in [0.25, 0.3) is 0 Å². The lowest BCUT2D eigenvalue weighted by atomic mass is 9.86. The number of likely N-dealkylation sites (tertiary alicyclic amines) is 1. The van der Waals surface area contributed by atoms with Crippen LogP contribution in [0.15, 0.2) is 48.5 Å². The highest BCUT2D eigenvalue weighted by Gasteiger charge is 2.42. The minimum atomic E-state index is -0.837. The number of fused-ring (bicyclic) bond motifs is 2. The van der Waals surface area contributed by atoms with Crippen molar-refractivity contribution < 1.29 is 19.4 Å². The molecule has 128 valence electrons. The molecule has 0 aromatic heterocycles. The summed E-state index contributed by atoms with van der Waals surface area (Å²) in [6, 6.07) is 14.8. The van der Waals surface area contributed by atoms with Gasteiger partial charge in [0.25, 0.3) is 0 Å². The van der Waals surface area contributed by atoms with Crippen molar-refractivity contribution in [2.75, 3.05) is 6.54 Å². The van der Waals surface area contributed by atoms with E-state index in [0.29, 0.717) is 24.5 Å². The van der Waals surface area contributed by atoms with Crippen molar-refractivity contribution in [3.63, 3.8) is 0 Å². The summed E-state index contributed by atoms with van der Waals surface area (Å²) in [5.41, 5.74) is 1.66. The van der Waals surface area contributed by atoms with Crippen LogP contribution in [0.4, 0.5) is 0 Å². The maximum atomic E-state index is 13.4. The fourth-order valence-electron chi connectivity index (χ4n) is 3.92. The normalized spacial score (nSPS) is 22.0. The van der Waals surface area contributed by atoms with Gasteiger partial charge in [0.1, 0.15) is 11.5 Å². The van der Waals surface area contributed by atoms with Gasteiger partial charge < -0.3 is 14.7 Å². The van der Waals surface area contributed by atoms with Crippen molar-refractivity contribution in [2.45, 2.75) is 25.3 Å². The van der Waals surface area contributed by atoms with Crippen LogP contribution >= 0.6 is 0 Å². The van der Waals surface area contributed by atoms with Gasteiger partial charge in [0, 0.05) is 23.7 Å². The Hall–Kier alpha value is -2.82. The van der Waals surface area contributed by atoms with E-state index in [4.69, 9.17) is 4.74 Å². The van der Waals surface area contributed by atoms with Crippen molar-refractivity contribution in [2.24, 2.45) is 5.92 Å². The largest absolute Gasteiger partial charge is 0.481 e. The van der Waals surface area contributed by atoms with E-state index in [1.807, 2.05) is 55.5 Å². The molecule has 0 spiro atoms. The van der Waals surface area contributed by atoms with Crippen LogP contribution in [0, 0.1) is 5.92 Å². The van der Waals surface area contributed by atoms with E-state index < -0.39 is 17.8 Å². The van der Waals surface area contributed by atoms with Crippen molar-refractivity contribution >= 4 is 11.9 Å². The number of carboxylic acids is 1. The molecule has 25 heavy (non-hydrogen) atoms. The summed E-state index contributed by atoms with van der Waals surface area (Å²) >= 11 is 0. The monoisotopic (exact) mass is 337 g/mol. The number of nitrogens with zero attached hydrogens (tertiary/aromatic N) is 1. The maximum absolute atomic E-state index is 13.4. The fraction of sp³-hybridized carbons (Fsp3) is 0.300. The van der Waals surface area contributed by atoms with E-state index in [9.17, 15) is 14.7 Å². The predicted molar refractivity (Wildman–Crippen MR) is 91.7 cm³/mol. The number of carbonyl (C=O) groups excluding carboxylic acids is 1. The first-order chi connectivity index (χ1) is 12.1. The van der Waals surface area contributed by atoms with Crippen LogP contribution in [0.5, 0.6) is 11.5 Å². The van der Waals surface area contributed by atoms with Gasteiger partial charge in [-0.15, -0.1) is 0 Å². The number of ether oxygens (including phenoxy) is 1. The molecule has 2 aliphatic rings. The second-order valence-electron chi connectivity index (χ2n) is 6.62. The molecule has 2 aromatic rings. The molecule has 1 N–H and O–H groups in total. The summed E-state index contributed by atoms with van der Waals surface area (Å²) in [4.78, 5) is 26.5. The molecule has 0 bridgehead atoms. The van der Waals surface area contributed by atoms with Crippen molar-refractivity contribution in [3.8, 4) is 11.5 Å². The highest BCUT2D eigenvalue weighted by molar-refractivity contribution is 5.90. The number of para-hydroxylation sites is 2. The van der Waals surface area contributed by atoms with Crippen LogP contribution in [-0.2, 0) is 9.59 Å². The zero-order valence-electron chi connectivity index (χ0n) is 13.9. The summed E-state index contributed by atoms with van der Waals surface area (Å²) in [5.74, 6) is -0.497. The first-order valence-corrected chi connectivity index (χ1v) is 8.47. The van der Waals surface area contributed by atoms with Crippen LogP contribution in [0.1, 0.15) is 30.4 Å². The molecule has 1 saturated heterocycles.